The van der Waals surface area contributed by atoms with Gasteiger partial charge in [0.15, 0.2) is 5.65 Å². The molecule has 3 heterocycles. The van der Waals surface area contributed by atoms with Crippen molar-refractivity contribution >= 4 is 22.3 Å². The Morgan fingerprint density at radius 2 is 1.89 bits per heavy atom. The highest BCUT2D eigenvalue weighted by molar-refractivity contribution is 5.88. The zero-order valence-electron chi connectivity index (χ0n) is 14.6. The first-order valence-electron chi connectivity index (χ1n) is 8.74. The van der Waals surface area contributed by atoms with Crippen LogP contribution in [0, 0.1) is 0 Å². The number of rotatable bonds is 6. The number of hydrogen-bond donors (Lipinski definition) is 2. The lowest BCUT2D eigenvalue weighted by Gasteiger charge is -2.06. The van der Waals surface area contributed by atoms with Crippen molar-refractivity contribution in [1.29, 1.82) is 0 Å². The van der Waals surface area contributed by atoms with Crippen molar-refractivity contribution in [3.63, 3.8) is 0 Å². The third-order valence-electron chi connectivity index (χ3n) is 4.39. The van der Waals surface area contributed by atoms with E-state index in [0.29, 0.717) is 29.4 Å². The number of aromatic amines is 1. The van der Waals surface area contributed by atoms with Gasteiger partial charge in [-0.05, 0) is 24.6 Å². The molecule has 2 N–H and O–H groups in total. The summed E-state index contributed by atoms with van der Waals surface area (Å²) < 4.78 is 1.94. The molecule has 0 atom stereocenters. The van der Waals surface area contributed by atoms with Gasteiger partial charge in [-0.1, -0.05) is 24.3 Å². The van der Waals surface area contributed by atoms with Gasteiger partial charge in [-0.25, -0.2) is 5.10 Å². The maximum Gasteiger partial charge on any atom is 0.272 e. The van der Waals surface area contributed by atoms with Crippen LogP contribution in [0.5, 0.6) is 0 Å². The van der Waals surface area contributed by atoms with Gasteiger partial charge in [0, 0.05) is 24.5 Å². The van der Waals surface area contributed by atoms with Crippen molar-refractivity contribution in [3.05, 3.63) is 70.5 Å². The summed E-state index contributed by atoms with van der Waals surface area (Å²) in [4.78, 5) is 24.0. The van der Waals surface area contributed by atoms with Crippen LogP contribution in [-0.2, 0) is 17.6 Å². The van der Waals surface area contributed by atoms with Crippen molar-refractivity contribution in [1.82, 2.24) is 30.1 Å². The molecule has 1 aromatic carbocycles. The second-order valence-corrected chi connectivity index (χ2v) is 6.22. The normalized spacial score (nSPS) is 11.1. The van der Waals surface area contributed by atoms with Crippen molar-refractivity contribution in [2.75, 3.05) is 6.54 Å². The molecule has 4 rings (SSSR count). The van der Waals surface area contributed by atoms with E-state index in [4.69, 9.17) is 0 Å². The highest BCUT2D eigenvalue weighted by Crippen LogP contribution is 2.12. The minimum Gasteiger partial charge on any atom is -0.356 e. The molecule has 4 aromatic rings. The number of benzene rings is 1. The number of hydrogen-bond acceptors (Lipinski definition) is 5. The molecule has 0 saturated heterocycles. The molecule has 3 aromatic heterocycles. The Morgan fingerprint density at radius 1 is 1.07 bits per heavy atom. The number of amides is 1. The molecule has 0 aliphatic carbocycles. The molecule has 0 unspecified atom stereocenters. The molecular formula is C19H18N6O2. The number of carbonyl (C=O) groups is 1. The molecule has 0 saturated carbocycles. The number of fused-ring (bicyclic) bond motifs is 2. The topological polar surface area (TPSA) is 105 Å². The maximum atomic E-state index is 12.2. The van der Waals surface area contributed by atoms with Gasteiger partial charge in [0.05, 0.1) is 17.5 Å². The maximum absolute atomic E-state index is 12.2. The fourth-order valence-electron chi connectivity index (χ4n) is 3.06. The summed E-state index contributed by atoms with van der Waals surface area (Å²) in [7, 11) is 0. The van der Waals surface area contributed by atoms with Crippen LogP contribution in [0.3, 0.4) is 0 Å². The van der Waals surface area contributed by atoms with E-state index in [1.807, 2.05) is 34.9 Å². The third-order valence-corrected chi connectivity index (χ3v) is 4.39. The summed E-state index contributed by atoms with van der Waals surface area (Å²) in [6, 6.07) is 12.9. The van der Waals surface area contributed by atoms with Gasteiger partial charge >= 0.3 is 0 Å². The molecule has 0 fully saturated rings. The number of nitrogens with one attached hydrogen (secondary N) is 2. The van der Waals surface area contributed by atoms with E-state index < -0.39 is 0 Å². The Balaban J connectivity index is 1.34. The zero-order valence-corrected chi connectivity index (χ0v) is 14.6. The van der Waals surface area contributed by atoms with Gasteiger partial charge in [-0.3, -0.25) is 14.0 Å². The molecule has 8 nitrogen and oxygen atoms in total. The smallest absolute Gasteiger partial charge is 0.272 e. The second-order valence-electron chi connectivity index (χ2n) is 6.22. The minimum absolute atomic E-state index is 0.116. The zero-order chi connectivity index (χ0) is 18.6. The van der Waals surface area contributed by atoms with Crippen LogP contribution in [0.25, 0.3) is 16.4 Å². The van der Waals surface area contributed by atoms with Crippen LogP contribution >= 0.6 is 0 Å². The fourth-order valence-corrected chi connectivity index (χ4v) is 3.06. The van der Waals surface area contributed by atoms with E-state index in [1.54, 1.807) is 18.2 Å². The third kappa shape index (κ3) is 3.55. The Hall–Kier alpha value is -3.55. The van der Waals surface area contributed by atoms with Crippen molar-refractivity contribution in [3.8, 4) is 0 Å². The van der Waals surface area contributed by atoms with Crippen LogP contribution in [0.15, 0.2) is 53.5 Å². The molecule has 136 valence electrons. The van der Waals surface area contributed by atoms with Crippen LogP contribution < -0.4 is 10.9 Å². The van der Waals surface area contributed by atoms with Gasteiger partial charge in [0.1, 0.15) is 5.82 Å². The monoisotopic (exact) mass is 362 g/mol. The Bertz CT molecular complexity index is 1160. The predicted octanol–water partition coefficient (Wildman–Crippen LogP) is 1.26. The Kier molecular flexibility index (Phi) is 4.61. The fraction of sp³-hybridized carbons (Fsp3) is 0.211. The summed E-state index contributed by atoms with van der Waals surface area (Å²) in [5.74, 6) is 0.735. The van der Waals surface area contributed by atoms with E-state index in [1.165, 1.54) is 0 Å². The predicted molar refractivity (Wildman–Crippen MR) is 100 cm³/mol. The molecule has 8 heteroatoms. The van der Waals surface area contributed by atoms with E-state index in [0.717, 1.165) is 17.9 Å². The van der Waals surface area contributed by atoms with Crippen molar-refractivity contribution in [2.24, 2.45) is 0 Å². The number of pyridine rings is 1. The molecule has 0 spiro atoms. The average Bonchev–Trinajstić information content (AvgIpc) is 3.11. The standard InChI is InChI=1S/C19H18N6O2/c26-18(12-15-13-6-1-2-7-14(13)19(27)24-21-15)20-10-5-9-17-23-22-16-8-3-4-11-25(16)17/h1-4,6-8,11H,5,9-10,12H2,(H,20,26)(H,24,27). The molecule has 0 aliphatic rings. The highest BCUT2D eigenvalue weighted by atomic mass is 16.1. The van der Waals surface area contributed by atoms with Crippen LogP contribution in [-0.4, -0.2) is 37.2 Å². The number of aromatic nitrogens is 5. The van der Waals surface area contributed by atoms with Gasteiger partial charge in [-0.2, -0.15) is 5.10 Å². The molecular weight excluding hydrogens is 344 g/mol. The van der Waals surface area contributed by atoms with E-state index in [-0.39, 0.29) is 17.9 Å². The first-order chi connectivity index (χ1) is 13.2. The van der Waals surface area contributed by atoms with Gasteiger partial charge in [0.25, 0.3) is 5.56 Å². The van der Waals surface area contributed by atoms with E-state index in [9.17, 15) is 9.59 Å². The molecule has 27 heavy (non-hydrogen) atoms. The average molecular weight is 362 g/mol. The lowest BCUT2D eigenvalue weighted by molar-refractivity contribution is -0.120. The Morgan fingerprint density at radius 3 is 2.78 bits per heavy atom. The van der Waals surface area contributed by atoms with Crippen molar-refractivity contribution < 1.29 is 4.79 Å². The second kappa shape index (κ2) is 7.36. The van der Waals surface area contributed by atoms with Gasteiger partial charge in [0.2, 0.25) is 5.91 Å². The number of carbonyl (C=O) groups excluding carboxylic acids is 1. The Labute approximate surface area is 154 Å². The highest BCUT2D eigenvalue weighted by Gasteiger charge is 2.10. The molecule has 1 amide bonds. The lowest BCUT2D eigenvalue weighted by Crippen LogP contribution is -2.27. The molecule has 0 radical (unpaired) electrons. The number of aryl methyl sites for hydroxylation is 1. The van der Waals surface area contributed by atoms with Crippen LogP contribution in [0.1, 0.15) is 17.9 Å². The van der Waals surface area contributed by atoms with Crippen LogP contribution in [0.2, 0.25) is 0 Å². The summed E-state index contributed by atoms with van der Waals surface area (Å²) in [6.07, 6.45) is 3.51. The largest absolute Gasteiger partial charge is 0.356 e. The van der Waals surface area contributed by atoms with Gasteiger partial charge in [-0.15, -0.1) is 10.2 Å². The molecule has 0 bridgehead atoms. The SMILES string of the molecule is O=C(Cc1n[nH]c(=O)c2ccccc12)NCCCc1nnc2ccccn12. The molecule has 0 aliphatic heterocycles. The van der Waals surface area contributed by atoms with Crippen molar-refractivity contribution in [2.45, 2.75) is 19.3 Å². The summed E-state index contributed by atoms with van der Waals surface area (Å²) in [5, 5.41) is 18.9. The van der Waals surface area contributed by atoms with E-state index >= 15 is 0 Å². The van der Waals surface area contributed by atoms with Gasteiger partial charge < -0.3 is 5.32 Å². The quantitative estimate of drug-likeness (QED) is 0.502. The number of H-pyrrole nitrogens is 1. The minimum atomic E-state index is -0.254. The summed E-state index contributed by atoms with van der Waals surface area (Å²) >= 11 is 0. The van der Waals surface area contributed by atoms with E-state index in [2.05, 4.69) is 25.7 Å². The first-order valence-corrected chi connectivity index (χ1v) is 8.74. The number of nitrogens with zero attached hydrogens (tertiary/aromatic N) is 4. The first kappa shape index (κ1) is 16.9. The van der Waals surface area contributed by atoms with Crippen LogP contribution in [0.4, 0.5) is 0 Å². The lowest BCUT2D eigenvalue weighted by atomic mass is 10.1. The summed E-state index contributed by atoms with van der Waals surface area (Å²) in [5.41, 5.74) is 1.12. The summed E-state index contributed by atoms with van der Waals surface area (Å²) in [6.45, 7) is 0.530.